The minimum atomic E-state index is -2.29. The molecule has 7 heteroatoms. The lowest BCUT2D eigenvalue weighted by atomic mass is 9.95. The zero-order valence-corrected chi connectivity index (χ0v) is 22.2. The van der Waals surface area contributed by atoms with Gasteiger partial charge in [0.2, 0.25) is 0 Å². The van der Waals surface area contributed by atoms with Gasteiger partial charge in [0.1, 0.15) is 0 Å². The molecule has 0 spiro atoms. The van der Waals surface area contributed by atoms with Crippen LogP contribution >= 0.6 is 0 Å². The van der Waals surface area contributed by atoms with Crippen LogP contribution in [0.15, 0.2) is 0 Å². The normalized spacial score (nSPS) is 12.3. The van der Waals surface area contributed by atoms with Crippen molar-refractivity contribution >= 4 is 17.9 Å². The highest BCUT2D eigenvalue weighted by molar-refractivity contribution is 5.90. The van der Waals surface area contributed by atoms with Gasteiger partial charge >= 0.3 is 17.9 Å². The van der Waals surface area contributed by atoms with Crippen molar-refractivity contribution < 1.29 is 33.7 Å². The van der Waals surface area contributed by atoms with E-state index in [0.717, 1.165) is 83.5 Å². The molecule has 0 rings (SSSR count). The van der Waals surface area contributed by atoms with E-state index < -0.39 is 36.4 Å². The molecule has 0 aliphatic carbocycles. The van der Waals surface area contributed by atoms with Crippen molar-refractivity contribution in [3.8, 4) is 0 Å². The Morgan fingerprint density at radius 3 is 1.56 bits per heavy atom. The van der Waals surface area contributed by atoms with E-state index in [-0.39, 0.29) is 25.7 Å². The molecule has 0 aromatic heterocycles. The fourth-order valence-corrected chi connectivity index (χ4v) is 3.56. The first kappa shape index (κ1) is 32.4. The third-order valence-corrected chi connectivity index (χ3v) is 5.82. The summed E-state index contributed by atoms with van der Waals surface area (Å²) in [7, 11) is 0. The van der Waals surface area contributed by atoms with Crippen molar-refractivity contribution in [3.05, 3.63) is 0 Å². The summed E-state index contributed by atoms with van der Waals surface area (Å²) in [5.41, 5.74) is -2.29. The zero-order chi connectivity index (χ0) is 25.7. The molecule has 0 bridgehead atoms. The van der Waals surface area contributed by atoms with Crippen molar-refractivity contribution in [3.63, 3.8) is 0 Å². The van der Waals surface area contributed by atoms with E-state index in [4.69, 9.17) is 14.2 Å². The van der Waals surface area contributed by atoms with Gasteiger partial charge in [-0.3, -0.25) is 9.59 Å². The molecule has 0 fully saturated rings. The molecular weight excluding hydrogens is 436 g/mol. The number of esters is 3. The smallest absolute Gasteiger partial charge is 0.339 e. The first-order chi connectivity index (χ1) is 16.3. The second-order valence-corrected chi connectivity index (χ2v) is 9.50. The van der Waals surface area contributed by atoms with Crippen LogP contribution in [0.2, 0.25) is 0 Å². The summed E-state index contributed by atoms with van der Waals surface area (Å²) in [6.07, 6.45) is 11.7. The predicted molar refractivity (Wildman–Crippen MR) is 133 cm³/mol. The van der Waals surface area contributed by atoms with Crippen LogP contribution in [0.25, 0.3) is 0 Å². The number of carbonyl (C=O) groups excluding carboxylic acids is 3. The number of unbranched alkanes of at least 4 members (excludes halogenated alkanes) is 9. The third-order valence-electron chi connectivity index (χ3n) is 5.82. The van der Waals surface area contributed by atoms with Gasteiger partial charge in [-0.05, 0) is 25.2 Å². The molecule has 0 radical (unpaired) electrons. The van der Waals surface area contributed by atoms with Crippen LogP contribution in [0.1, 0.15) is 124 Å². The molecule has 1 unspecified atom stereocenters. The molecule has 0 saturated carbocycles. The van der Waals surface area contributed by atoms with Crippen molar-refractivity contribution in [2.75, 3.05) is 19.8 Å². The molecule has 1 atom stereocenters. The highest BCUT2D eigenvalue weighted by Crippen LogP contribution is 2.21. The fraction of sp³-hybridized carbons (Fsp3) is 0.889. The topological polar surface area (TPSA) is 99.1 Å². The van der Waals surface area contributed by atoms with Gasteiger partial charge in [-0.2, -0.15) is 0 Å². The molecule has 1 N–H and O–H groups in total. The maximum atomic E-state index is 12.7. The lowest BCUT2D eigenvalue weighted by Gasteiger charge is -2.25. The Labute approximate surface area is 207 Å². The maximum absolute atomic E-state index is 12.7. The molecule has 7 nitrogen and oxygen atoms in total. The number of carbonyl (C=O) groups is 3. The Morgan fingerprint density at radius 2 is 1.12 bits per heavy atom. The van der Waals surface area contributed by atoms with Gasteiger partial charge in [-0.1, -0.05) is 91.9 Å². The molecular formula is C27H50O7. The lowest BCUT2D eigenvalue weighted by Crippen LogP contribution is -2.45. The summed E-state index contributed by atoms with van der Waals surface area (Å²) in [6.45, 7) is 8.88. The molecule has 0 aromatic rings. The van der Waals surface area contributed by atoms with Gasteiger partial charge in [0.25, 0.3) is 0 Å². The summed E-state index contributed by atoms with van der Waals surface area (Å²) in [4.78, 5) is 37.4. The van der Waals surface area contributed by atoms with Crippen LogP contribution in [0, 0.1) is 5.92 Å². The van der Waals surface area contributed by atoms with Crippen molar-refractivity contribution in [2.45, 2.75) is 130 Å². The minimum Gasteiger partial charge on any atom is -0.466 e. The summed E-state index contributed by atoms with van der Waals surface area (Å²) in [5, 5.41) is 11.0. The van der Waals surface area contributed by atoms with Crippen molar-refractivity contribution in [1.82, 2.24) is 0 Å². The molecule has 0 aromatic carbocycles. The first-order valence-electron chi connectivity index (χ1n) is 13.5. The number of hydrogen-bond acceptors (Lipinski definition) is 7. The molecule has 0 aliphatic rings. The standard InChI is InChI=1S/C27H50O7/c1-5-8-11-13-15-18-32-24(28)20-27(31,26(30)34-22-23(4)17-10-7-3)21-25(29)33-19-16-14-12-9-6-2/h23,31H,5-22H2,1-4H3. The maximum Gasteiger partial charge on any atom is 0.339 e. The van der Waals surface area contributed by atoms with E-state index >= 15 is 0 Å². The van der Waals surface area contributed by atoms with Crippen LogP contribution in [-0.2, 0) is 28.6 Å². The summed E-state index contributed by atoms with van der Waals surface area (Å²) in [5.74, 6) is -2.29. The second-order valence-electron chi connectivity index (χ2n) is 9.50. The minimum absolute atomic E-state index is 0.123. The monoisotopic (exact) mass is 486 g/mol. The lowest BCUT2D eigenvalue weighted by molar-refractivity contribution is -0.178. The van der Waals surface area contributed by atoms with Gasteiger partial charge in [0.05, 0.1) is 32.7 Å². The van der Waals surface area contributed by atoms with E-state index in [9.17, 15) is 19.5 Å². The highest BCUT2D eigenvalue weighted by atomic mass is 16.6. The van der Waals surface area contributed by atoms with Crippen LogP contribution in [0.5, 0.6) is 0 Å². The number of aliphatic hydroxyl groups is 1. The molecule has 200 valence electrons. The highest BCUT2D eigenvalue weighted by Gasteiger charge is 2.43. The zero-order valence-electron chi connectivity index (χ0n) is 22.2. The molecule has 0 heterocycles. The summed E-state index contributed by atoms with van der Waals surface area (Å²) in [6, 6.07) is 0. The Bertz CT molecular complexity index is 517. The van der Waals surface area contributed by atoms with Gasteiger partial charge in [0, 0.05) is 0 Å². The van der Waals surface area contributed by atoms with Gasteiger partial charge in [-0.25, -0.2) is 4.79 Å². The quantitative estimate of drug-likeness (QED) is 0.116. The molecule has 0 aliphatic heterocycles. The van der Waals surface area contributed by atoms with Crippen LogP contribution in [0.3, 0.4) is 0 Å². The van der Waals surface area contributed by atoms with Crippen LogP contribution in [0.4, 0.5) is 0 Å². The third kappa shape index (κ3) is 16.9. The average Bonchev–Trinajstić information content (AvgIpc) is 2.80. The number of ether oxygens (including phenoxy) is 3. The van der Waals surface area contributed by atoms with Crippen molar-refractivity contribution in [2.24, 2.45) is 5.92 Å². The number of hydrogen-bond donors (Lipinski definition) is 1. The summed E-state index contributed by atoms with van der Waals surface area (Å²) >= 11 is 0. The molecule has 0 saturated heterocycles. The van der Waals surface area contributed by atoms with E-state index in [2.05, 4.69) is 20.8 Å². The van der Waals surface area contributed by atoms with Gasteiger partial charge < -0.3 is 19.3 Å². The average molecular weight is 487 g/mol. The summed E-state index contributed by atoms with van der Waals surface area (Å²) < 4.78 is 15.7. The van der Waals surface area contributed by atoms with E-state index in [0.29, 0.717) is 0 Å². The van der Waals surface area contributed by atoms with Crippen LogP contribution < -0.4 is 0 Å². The second kappa shape index (κ2) is 20.7. The Kier molecular flexibility index (Phi) is 19.7. The largest absolute Gasteiger partial charge is 0.466 e. The van der Waals surface area contributed by atoms with E-state index in [1.807, 2.05) is 6.92 Å². The molecule has 0 amide bonds. The Balaban J connectivity index is 4.80. The molecule has 34 heavy (non-hydrogen) atoms. The van der Waals surface area contributed by atoms with Crippen molar-refractivity contribution in [1.29, 1.82) is 0 Å². The SMILES string of the molecule is CCCCCCCOC(=O)CC(O)(CC(=O)OCCCCCCC)C(=O)OCC(C)CCCC. The van der Waals surface area contributed by atoms with E-state index in [1.54, 1.807) is 0 Å². The van der Waals surface area contributed by atoms with Gasteiger partial charge in [-0.15, -0.1) is 0 Å². The predicted octanol–water partition coefficient (Wildman–Crippen LogP) is 5.89. The Morgan fingerprint density at radius 1 is 0.676 bits per heavy atom. The number of rotatable bonds is 22. The van der Waals surface area contributed by atoms with E-state index in [1.165, 1.54) is 0 Å². The van der Waals surface area contributed by atoms with Crippen LogP contribution in [-0.4, -0.2) is 48.4 Å². The first-order valence-corrected chi connectivity index (χ1v) is 13.5. The Hall–Kier alpha value is -1.63. The van der Waals surface area contributed by atoms with Gasteiger partial charge in [0.15, 0.2) is 5.60 Å². The fourth-order valence-electron chi connectivity index (χ4n) is 3.56.